The van der Waals surface area contributed by atoms with Crippen LogP contribution in [0.2, 0.25) is 0 Å². The molecule has 15 nitrogen and oxygen atoms in total. The van der Waals surface area contributed by atoms with Crippen LogP contribution in [0.3, 0.4) is 0 Å². The van der Waals surface area contributed by atoms with E-state index >= 15 is 0 Å². The third-order valence-electron chi connectivity index (χ3n) is 11.7. The quantitative estimate of drug-likeness (QED) is 0.154. The van der Waals surface area contributed by atoms with Gasteiger partial charge in [-0.05, 0) is 135 Å². The van der Waals surface area contributed by atoms with Crippen molar-refractivity contribution < 1.29 is 44.3 Å². The number of nitrogens with zero attached hydrogens (tertiary/aromatic N) is 4. The summed E-state index contributed by atoms with van der Waals surface area (Å²) < 4.78 is 103. The molecule has 1 atom stereocenters. The standard InChI is InChI=1S/C39H45F3N8O7S2/c1-38(2,32-17-33(46-49(32)3)59(55,56)48-37(52)44-34-28-10-4-7-23(28)15-24-8-5-11-29(24)34)57-20-22-13-26-16-25-9-6-12-30(25)35(31(26)14-22)45-36(51)47-58(53,54)27-18-43-50(19-27)21-39(40,41)42/h15-19,22H,4-14,20-21H2,1-3H3,(H2,44,48,52)(H2,45,47,51). The second-order valence-electron chi connectivity index (χ2n) is 16.3. The number of carbonyl (C=O) groups excluding carboxylic acids is 2. The van der Waals surface area contributed by atoms with Crippen molar-refractivity contribution in [1.82, 2.24) is 29.0 Å². The average Bonchev–Trinajstić information content (AvgIpc) is 3.98. The number of carbonyl (C=O) groups is 2. The Morgan fingerprint density at radius 2 is 1.32 bits per heavy atom. The minimum absolute atomic E-state index is 0.0544. The molecule has 0 aliphatic heterocycles. The van der Waals surface area contributed by atoms with Crippen LogP contribution in [0, 0.1) is 5.92 Å². The number of aromatic nitrogens is 4. The second kappa shape index (κ2) is 14.9. The summed E-state index contributed by atoms with van der Waals surface area (Å²) in [6.07, 6.45) is 5.72. The molecule has 1 unspecified atom stereocenters. The van der Waals surface area contributed by atoms with Crippen molar-refractivity contribution >= 4 is 43.5 Å². The number of halogens is 3. The third kappa shape index (κ3) is 8.30. The van der Waals surface area contributed by atoms with Crippen LogP contribution in [-0.4, -0.2) is 61.2 Å². The number of nitrogens with one attached hydrogen (secondary N) is 4. The normalized spacial score (nSPS) is 17.4. The van der Waals surface area contributed by atoms with E-state index in [0.29, 0.717) is 41.5 Å². The number of fused-ring (bicyclic) bond motifs is 4. The summed E-state index contributed by atoms with van der Waals surface area (Å²) in [7, 11) is -7.30. The maximum absolute atomic E-state index is 13.5. The number of hydrogen-bond donors (Lipinski definition) is 4. The zero-order valence-electron chi connectivity index (χ0n) is 32.8. The summed E-state index contributed by atoms with van der Waals surface area (Å²) in [5.74, 6) is -0.0544. The van der Waals surface area contributed by atoms with Crippen molar-refractivity contribution in [3.8, 4) is 0 Å². The molecule has 0 saturated carbocycles. The van der Waals surface area contributed by atoms with Crippen LogP contribution < -0.4 is 20.1 Å². The maximum atomic E-state index is 13.5. The van der Waals surface area contributed by atoms with E-state index in [0.717, 1.165) is 96.6 Å². The number of benzene rings is 2. The summed E-state index contributed by atoms with van der Waals surface area (Å²) in [6.45, 7) is 2.34. The number of hydrogen-bond acceptors (Lipinski definition) is 9. The Balaban J connectivity index is 0.919. The van der Waals surface area contributed by atoms with E-state index in [1.807, 2.05) is 4.72 Å². The first-order valence-electron chi connectivity index (χ1n) is 19.5. The fraction of sp³-hybridized carbons (Fsp3) is 0.487. The zero-order valence-corrected chi connectivity index (χ0v) is 34.4. The van der Waals surface area contributed by atoms with Crippen molar-refractivity contribution in [3.63, 3.8) is 0 Å². The first kappa shape index (κ1) is 40.8. The van der Waals surface area contributed by atoms with Crippen LogP contribution in [0.15, 0.2) is 40.5 Å². The predicted molar refractivity (Wildman–Crippen MR) is 209 cm³/mol. The van der Waals surface area contributed by atoms with E-state index in [1.165, 1.54) is 21.9 Å². The van der Waals surface area contributed by atoms with Crippen molar-refractivity contribution in [2.24, 2.45) is 13.0 Å². The summed E-state index contributed by atoms with van der Waals surface area (Å²) in [6, 6.07) is 3.82. The highest BCUT2D eigenvalue weighted by atomic mass is 32.2. The number of urea groups is 2. The number of aryl methyl sites for hydroxylation is 4. The minimum Gasteiger partial charge on any atom is -0.369 e. The van der Waals surface area contributed by atoms with Gasteiger partial charge in [-0.3, -0.25) is 9.36 Å². The summed E-state index contributed by atoms with van der Waals surface area (Å²) in [4.78, 5) is 25.7. The second-order valence-corrected chi connectivity index (χ2v) is 19.6. The van der Waals surface area contributed by atoms with Gasteiger partial charge in [-0.25, -0.2) is 27.5 Å². The first-order valence-corrected chi connectivity index (χ1v) is 22.5. The molecule has 4 aliphatic rings. The summed E-state index contributed by atoms with van der Waals surface area (Å²) in [5, 5.41) is 12.9. The fourth-order valence-corrected chi connectivity index (χ4v) is 10.9. The number of ether oxygens (including phenoxy) is 1. The van der Waals surface area contributed by atoms with Gasteiger partial charge in [-0.2, -0.15) is 31.8 Å². The van der Waals surface area contributed by atoms with E-state index in [1.54, 1.807) is 20.9 Å². The van der Waals surface area contributed by atoms with Gasteiger partial charge in [-0.15, -0.1) is 0 Å². The molecule has 0 spiro atoms. The molecular weight excluding hydrogens is 814 g/mol. The topological polar surface area (TPSA) is 195 Å². The van der Waals surface area contributed by atoms with Gasteiger partial charge < -0.3 is 15.4 Å². The minimum atomic E-state index is -4.61. The molecule has 2 aromatic carbocycles. The molecule has 0 bridgehead atoms. The first-order chi connectivity index (χ1) is 27.8. The summed E-state index contributed by atoms with van der Waals surface area (Å²) >= 11 is 0. The molecule has 2 aromatic heterocycles. The molecule has 4 N–H and O–H groups in total. The predicted octanol–water partition coefficient (Wildman–Crippen LogP) is 5.33. The van der Waals surface area contributed by atoms with Crippen LogP contribution in [0.5, 0.6) is 0 Å². The fourth-order valence-electron chi connectivity index (χ4n) is 9.10. The molecule has 8 rings (SSSR count). The van der Waals surface area contributed by atoms with Crippen molar-refractivity contribution in [3.05, 3.63) is 80.8 Å². The monoisotopic (exact) mass is 858 g/mol. The number of anilines is 2. The Hall–Kier alpha value is -4.95. The molecule has 2 heterocycles. The SMILES string of the molecule is Cn1nc(S(=O)(=O)NC(=O)Nc2c3c(cc4c2CCC4)CCC3)cc1C(C)(C)OCC1Cc2cc3c(c(NC(=O)NS(=O)(=O)c4cnn(CC(F)(F)F)c4)c2C1)CCC3. The van der Waals surface area contributed by atoms with E-state index in [4.69, 9.17) is 4.74 Å². The molecule has 4 aromatic rings. The molecule has 0 fully saturated rings. The van der Waals surface area contributed by atoms with Crippen LogP contribution >= 0.6 is 0 Å². The smallest absolute Gasteiger partial charge is 0.369 e. The van der Waals surface area contributed by atoms with Crippen molar-refractivity contribution in [2.45, 2.75) is 113 Å². The van der Waals surface area contributed by atoms with Gasteiger partial charge in [0, 0.05) is 30.7 Å². The Labute approximate surface area is 339 Å². The largest absolute Gasteiger partial charge is 0.408 e. The molecule has 20 heteroatoms. The third-order valence-corrected chi connectivity index (χ3v) is 14.2. The van der Waals surface area contributed by atoms with Gasteiger partial charge >= 0.3 is 18.2 Å². The van der Waals surface area contributed by atoms with E-state index in [9.17, 15) is 39.6 Å². The number of sulfonamides is 2. The molecule has 0 radical (unpaired) electrons. The van der Waals surface area contributed by atoms with Gasteiger partial charge in [0.05, 0.1) is 18.5 Å². The number of amides is 4. The lowest BCUT2D eigenvalue weighted by atomic mass is 9.99. The van der Waals surface area contributed by atoms with Crippen LogP contribution in [0.4, 0.5) is 34.1 Å². The Kier molecular flexibility index (Phi) is 10.3. The Morgan fingerprint density at radius 1 is 0.780 bits per heavy atom. The molecular formula is C39H45F3N8O7S2. The Bertz CT molecular complexity index is 2570. The van der Waals surface area contributed by atoms with E-state index < -0.39 is 55.3 Å². The van der Waals surface area contributed by atoms with E-state index in [-0.39, 0.29) is 17.6 Å². The zero-order chi connectivity index (χ0) is 42.1. The Morgan fingerprint density at radius 3 is 1.90 bits per heavy atom. The molecule has 316 valence electrons. The van der Waals surface area contributed by atoms with Gasteiger partial charge in [0.15, 0.2) is 5.03 Å². The highest BCUT2D eigenvalue weighted by molar-refractivity contribution is 7.90. The molecule has 4 amide bonds. The molecule has 59 heavy (non-hydrogen) atoms. The lowest BCUT2D eigenvalue weighted by Crippen LogP contribution is -2.35. The van der Waals surface area contributed by atoms with Gasteiger partial charge in [0.1, 0.15) is 17.0 Å². The lowest BCUT2D eigenvalue weighted by Gasteiger charge is -2.27. The van der Waals surface area contributed by atoms with Crippen molar-refractivity contribution in [2.75, 3.05) is 17.2 Å². The highest BCUT2D eigenvalue weighted by Crippen LogP contribution is 2.42. The number of alkyl halides is 3. The number of rotatable bonds is 11. The van der Waals surface area contributed by atoms with Gasteiger partial charge in [-0.1, -0.05) is 12.1 Å². The van der Waals surface area contributed by atoms with Gasteiger partial charge in [0.25, 0.3) is 20.0 Å². The van der Waals surface area contributed by atoms with Crippen molar-refractivity contribution in [1.29, 1.82) is 0 Å². The molecule has 0 saturated heterocycles. The average molecular weight is 859 g/mol. The maximum Gasteiger partial charge on any atom is 0.408 e. The van der Waals surface area contributed by atoms with Gasteiger partial charge in [0.2, 0.25) is 0 Å². The van der Waals surface area contributed by atoms with Crippen LogP contribution in [0.1, 0.15) is 83.3 Å². The lowest BCUT2D eigenvalue weighted by molar-refractivity contribution is -0.142. The van der Waals surface area contributed by atoms with E-state index in [2.05, 4.69) is 37.7 Å². The highest BCUT2D eigenvalue weighted by Gasteiger charge is 2.35. The summed E-state index contributed by atoms with van der Waals surface area (Å²) in [5.41, 5.74) is 9.00. The molecule has 4 aliphatic carbocycles. The van der Waals surface area contributed by atoms with Crippen LogP contribution in [0.25, 0.3) is 0 Å². The van der Waals surface area contributed by atoms with Crippen LogP contribution in [-0.2, 0) is 95.3 Å².